The molecule has 6 nitrogen and oxygen atoms in total. The highest BCUT2D eigenvalue weighted by molar-refractivity contribution is 6.07. The summed E-state index contributed by atoms with van der Waals surface area (Å²) in [4.78, 5) is 24.1. The predicted octanol–water partition coefficient (Wildman–Crippen LogP) is -0.0922. The van der Waals surface area contributed by atoms with E-state index in [1.807, 2.05) is 0 Å². The average Bonchev–Trinajstić information content (AvgIpc) is 2.46. The fourth-order valence-corrected chi connectivity index (χ4v) is 1.57. The first-order valence-corrected chi connectivity index (χ1v) is 6.42. The zero-order valence-corrected chi connectivity index (χ0v) is 11.6. The van der Waals surface area contributed by atoms with Crippen molar-refractivity contribution in [3.63, 3.8) is 0 Å². The first-order chi connectivity index (χ1) is 9.49. The fourth-order valence-electron chi connectivity index (χ4n) is 1.57. The highest BCUT2D eigenvalue weighted by Gasteiger charge is 2.18. The molecular weight excluding hydrogens is 260 g/mol. The molecule has 0 bridgehead atoms. The van der Waals surface area contributed by atoms with Crippen LogP contribution in [0.15, 0.2) is 24.3 Å². The lowest BCUT2D eigenvalue weighted by atomic mass is 10.1. The summed E-state index contributed by atoms with van der Waals surface area (Å²) in [5.74, 6) is -0.845. The van der Waals surface area contributed by atoms with E-state index in [0.717, 1.165) is 0 Å². The van der Waals surface area contributed by atoms with Gasteiger partial charge in [-0.3, -0.25) is 9.59 Å². The molecule has 110 valence electrons. The van der Waals surface area contributed by atoms with E-state index in [-0.39, 0.29) is 24.3 Å². The molecule has 2 atom stereocenters. The van der Waals surface area contributed by atoms with Gasteiger partial charge in [0, 0.05) is 12.1 Å². The maximum absolute atomic E-state index is 12.0. The molecule has 20 heavy (non-hydrogen) atoms. The van der Waals surface area contributed by atoms with Crippen LogP contribution >= 0.6 is 0 Å². The first kappa shape index (κ1) is 16.1. The third kappa shape index (κ3) is 4.32. The number of hydrogen-bond donors (Lipinski definition) is 4. The molecule has 2 amide bonds. The molecule has 0 saturated heterocycles. The Labute approximate surface area is 117 Å². The number of amides is 2. The van der Waals surface area contributed by atoms with Crippen molar-refractivity contribution in [1.82, 2.24) is 10.6 Å². The number of rotatable bonds is 6. The molecule has 0 aliphatic carbocycles. The number of aliphatic hydroxyl groups excluding tert-OH is 2. The molecule has 0 radical (unpaired) electrons. The third-order valence-corrected chi connectivity index (χ3v) is 2.72. The molecule has 0 unspecified atom stereocenters. The second-order valence-electron chi connectivity index (χ2n) is 4.66. The molecule has 0 spiro atoms. The van der Waals surface area contributed by atoms with E-state index in [0.29, 0.717) is 0 Å². The zero-order valence-electron chi connectivity index (χ0n) is 11.6. The summed E-state index contributed by atoms with van der Waals surface area (Å²) in [6.45, 7) is 2.96. The Morgan fingerprint density at radius 2 is 1.30 bits per heavy atom. The molecule has 0 aromatic heterocycles. The third-order valence-electron chi connectivity index (χ3n) is 2.72. The van der Waals surface area contributed by atoms with Crippen molar-refractivity contribution in [2.75, 3.05) is 13.2 Å². The summed E-state index contributed by atoms with van der Waals surface area (Å²) in [5.41, 5.74) is 0.464. The Balaban J connectivity index is 2.93. The monoisotopic (exact) mass is 280 g/mol. The number of carbonyl (C=O) groups excluding carboxylic acids is 2. The van der Waals surface area contributed by atoms with Crippen LogP contribution in [-0.4, -0.2) is 47.3 Å². The van der Waals surface area contributed by atoms with E-state index in [9.17, 15) is 9.59 Å². The molecule has 6 heteroatoms. The fraction of sp³-hybridized carbons (Fsp3) is 0.429. The lowest BCUT2D eigenvalue weighted by Crippen LogP contribution is -2.38. The van der Waals surface area contributed by atoms with Crippen LogP contribution in [-0.2, 0) is 0 Å². The molecule has 0 saturated carbocycles. The van der Waals surface area contributed by atoms with Gasteiger partial charge in [-0.1, -0.05) is 12.1 Å². The van der Waals surface area contributed by atoms with Gasteiger partial charge in [-0.15, -0.1) is 0 Å². The van der Waals surface area contributed by atoms with Crippen LogP contribution in [0.3, 0.4) is 0 Å². The Bertz CT molecular complexity index is 433. The smallest absolute Gasteiger partial charge is 0.252 e. The standard InChI is InChI=1S/C14H20N2O4/c1-9(7-17)15-13(19)11-5-3-4-6-12(11)14(20)16-10(2)8-18/h3-6,9-10,17-18H,7-8H2,1-2H3,(H,15,19)(H,16,20)/t9-,10-/m1/s1. The van der Waals surface area contributed by atoms with Gasteiger partial charge in [0.15, 0.2) is 0 Å². The van der Waals surface area contributed by atoms with Crippen molar-refractivity contribution < 1.29 is 19.8 Å². The van der Waals surface area contributed by atoms with Crippen molar-refractivity contribution in [3.05, 3.63) is 35.4 Å². The van der Waals surface area contributed by atoms with Crippen LogP contribution in [0.5, 0.6) is 0 Å². The van der Waals surface area contributed by atoms with Gasteiger partial charge < -0.3 is 20.8 Å². The number of hydrogen-bond acceptors (Lipinski definition) is 4. The lowest BCUT2D eigenvalue weighted by molar-refractivity contribution is 0.0888. The number of aliphatic hydroxyl groups is 2. The maximum atomic E-state index is 12.0. The van der Waals surface area contributed by atoms with Crippen LogP contribution in [0.4, 0.5) is 0 Å². The Morgan fingerprint density at radius 1 is 0.950 bits per heavy atom. The van der Waals surface area contributed by atoms with Gasteiger partial charge in [-0.25, -0.2) is 0 Å². The van der Waals surface area contributed by atoms with Gasteiger partial charge in [0.2, 0.25) is 0 Å². The van der Waals surface area contributed by atoms with E-state index in [1.165, 1.54) is 12.1 Å². The maximum Gasteiger partial charge on any atom is 0.252 e. The van der Waals surface area contributed by atoms with Gasteiger partial charge in [0.05, 0.1) is 24.3 Å². The normalized spacial score (nSPS) is 13.4. The van der Waals surface area contributed by atoms with Crippen LogP contribution in [0.1, 0.15) is 34.6 Å². The van der Waals surface area contributed by atoms with Crippen LogP contribution in [0, 0.1) is 0 Å². The summed E-state index contributed by atoms with van der Waals surface area (Å²) in [6, 6.07) is 5.61. The molecule has 1 aromatic rings. The summed E-state index contributed by atoms with van der Waals surface area (Å²) >= 11 is 0. The Hall–Kier alpha value is -1.92. The highest BCUT2D eigenvalue weighted by Crippen LogP contribution is 2.09. The van der Waals surface area contributed by atoms with Crippen molar-refractivity contribution in [2.45, 2.75) is 25.9 Å². The van der Waals surface area contributed by atoms with Crippen molar-refractivity contribution in [1.29, 1.82) is 0 Å². The Kier molecular flexibility index (Phi) is 6.14. The summed E-state index contributed by atoms with van der Waals surface area (Å²) in [5, 5.41) is 23.1. The van der Waals surface area contributed by atoms with E-state index in [4.69, 9.17) is 10.2 Å². The van der Waals surface area contributed by atoms with E-state index in [2.05, 4.69) is 10.6 Å². The van der Waals surface area contributed by atoms with Crippen LogP contribution in [0.2, 0.25) is 0 Å². The number of benzene rings is 1. The summed E-state index contributed by atoms with van der Waals surface area (Å²) in [7, 11) is 0. The number of carbonyl (C=O) groups is 2. The first-order valence-electron chi connectivity index (χ1n) is 6.42. The quantitative estimate of drug-likeness (QED) is 0.585. The molecule has 1 aromatic carbocycles. The predicted molar refractivity (Wildman–Crippen MR) is 74.5 cm³/mol. The highest BCUT2D eigenvalue weighted by atomic mass is 16.3. The Morgan fingerprint density at radius 3 is 1.60 bits per heavy atom. The molecule has 1 rings (SSSR count). The van der Waals surface area contributed by atoms with Gasteiger partial charge in [-0.2, -0.15) is 0 Å². The van der Waals surface area contributed by atoms with Gasteiger partial charge >= 0.3 is 0 Å². The molecule has 0 aliphatic heterocycles. The van der Waals surface area contributed by atoms with Gasteiger partial charge in [-0.05, 0) is 26.0 Å². The van der Waals surface area contributed by atoms with Crippen LogP contribution < -0.4 is 10.6 Å². The zero-order chi connectivity index (χ0) is 15.1. The second kappa shape index (κ2) is 7.62. The minimum absolute atomic E-state index is 0.179. The lowest BCUT2D eigenvalue weighted by Gasteiger charge is -2.15. The molecule has 0 heterocycles. The van der Waals surface area contributed by atoms with Crippen molar-refractivity contribution in [2.24, 2.45) is 0 Å². The minimum atomic E-state index is -0.422. The van der Waals surface area contributed by atoms with Crippen LogP contribution in [0.25, 0.3) is 0 Å². The van der Waals surface area contributed by atoms with E-state index in [1.54, 1.807) is 26.0 Å². The van der Waals surface area contributed by atoms with Gasteiger partial charge in [0.25, 0.3) is 11.8 Å². The minimum Gasteiger partial charge on any atom is -0.394 e. The summed E-state index contributed by atoms with van der Waals surface area (Å²) in [6.07, 6.45) is 0. The average molecular weight is 280 g/mol. The number of nitrogens with one attached hydrogen (secondary N) is 2. The second-order valence-corrected chi connectivity index (χ2v) is 4.66. The topological polar surface area (TPSA) is 98.7 Å². The largest absolute Gasteiger partial charge is 0.394 e. The molecular formula is C14H20N2O4. The molecule has 0 fully saturated rings. The van der Waals surface area contributed by atoms with Crippen molar-refractivity contribution in [3.8, 4) is 0 Å². The van der Waals surface area contributed by atoms with Crippen molar-refractivity contribution >= 4 is 11.8 Å². The van der Waals surface area contributed by atoms with E-state index >= 15 is 0 Å². The molecule has 0 aliphatic rings. The van der Waals surface area contributed by atoms with Gasteiger partial charge in [0.1, 0.15) is 0 Å². The summed E-state index contributed by atoms with van der Waals surface area (Å²) < 4.78 is 0. The molecule has 4 N–H and O–H groups in total. The van der Waals surface area contributed by atoms with E-state index < -0.39 is 23.9 Å². The SMILES string of the molecule is C[C@H](CO)NC(=O)c1ccccc1C(=O)N[C@H](C)CO.